The highest BCUT2D eigenvalue weighted by Crippen LogP contribution is 2.30. The molecule has 6 nitrogen and oxygen atoms in total. The molecule has 0 spiro atoms. The van der Waals surface area contributed by atoms with Crippen LogP contribution in [0.5, 0.6) is 11.6 Å². The topological polar surface area (TPSA) is 67.8 Å². The molecule has 1 aromatic carbocycles. The molecule has 1 aliphatic carbocycles. The smallest absolute Gasteiger partial charge is 0.213 e. The number of rotatable bonds is 8. The number of hydrogen-bond acceptors (Lipinski definition) is 4. The first-order valence-electron chi connectivity index (χ1n) is 8.92. The molecule has 0 saturated heterocycles. The molecule has 2 aromatic rings. The number of aromatic nitrogens is 1. The van der Waals surface area contributed by atoms with E-state index in [1.54, 1.807) is 20.4 Å². The van der Waals surface area contributed by atoms with Crippen LogP contribution in [0.2, 0.25) is 0 Å². The van der Waals surface area contributed by atoms with Gasteiger partial charge in [0.2, 0.25) is 5.88 Å². The second kappa shape index (κ2) is 11.0. The van der Waals surface area contributed by atoms with E-state index in [1.807, 2.05) is 30.3 Å². The number of nitrogens with one attached hydrogen (secondary N) is 2. The number of guanidine groups is 1. The molecule has 0 aliphatic heterocycles. The van der Waals surface area contributed by atoms with Crippen molar-refractivity contribution in [3.8, 4) is 11.6 Å². The van der Waals surface area contributed by atoms with Gasteiger partial charge in [-0.25, -0.2) is 4.98 Å². The summed E-state index contributed by atoms with van der Waals surface area (Å²) in [5, 5.41) is 6.64. The third kappa shape index (κ3) is 6.89. The van der Waals surface area contributed by atoms with Gasteiger partial charge in [-0.1, -0.05) is 18.2 Å². The molecule has 0 bridgehead atoms. The zero-order chi connectivity index (χ0) is 18.2. The van der Waals surface area contributed by atoms with Gasteiger partial charge in [0.05, 0.1) is 13.7 Å². The lowest BCUT2D eigenvalue weighted by Crippen LogP contribution is -2.36. The van der Waals surface area contributed by atoms with Gasteiger partial charge in [-0.05, 0) is 36.5 Å². The van der Waals surface area contributed by atoms with Gasteiger partial charge in [-0.15, -0.1) is 24.0 Å². The highest BCUT2D eigenvalue weighted by Gasteiger charge is 2.22. The van der Waals surface area contributed by atoms with Crippen LogP contribution in [0.3, 0.4) is 0 Å². The van der Waals surface area contributed by atoms with Gasteiger partial charge in [0.25, 0.3) is 0 Å². The molecule has 7 heteroatoms. The molecule has 27 heavy (non-hydrogen) atoms. The predicted molar refractivity (Wildman–Crippen MR) is 118 cm³/mol. The van der Waals surface area contributed by atoms with Crippen LogP contribution >= 0.6 is 24.0 Å². The zero-order valence-corrected chi connectivity index (χ0v) is 18.1. The minimum atomic E-state index is 0. The Labute approximate surface area is 177 Å². The van der Waals surface area contributed by atoms with Crippen LogP contribution in [0.1, 0.15) is 24.0 Å². The van der Waals surface area contributed by atoms with E-state index >= 15 is 0 Å². The molecule has 1 aromatic heterocycles. The van der Waals surface area contributed by atoms with E-state index in [1.165, 1.54) is 12.8 Å². The van der Waals surface area contributed by atoms with E-state index < -0.39 is 0 Å². The zero-order valence-electron chi connectivity index (χ0n) is 15.8. The fourth-order valence-corrected chi connectivity index (χ4v) is 2.54. The normalized spacial score (nSPS) is 13.5. The fraction of sp³-hybridized carbons (Fsp3) is 0.400. The number of aliphatic imine (C=N–C) groups is 1. The highest BCUT2D eigenvalue weighted by molar-refractivity contribution is 14.0. The summed E-state index contributed by atoms with van der Waals surface area (Å²) < 4.78 is 11.1. The maximum atomic E-state index is 5.96. The van der Waals surface area contributed by atoms with Crippen LogP contribution in [-0.2, 0) is 13.1 Å². The Morgan fingerprint density at radius 1 is 1.19 bits per heavy atom. The molecule has 1 fully saturated rings. The maximum Gasteiger partial charge on any atom is 0.213 e. The minimum absolute atomic E-state index is 0. The first-order chi connectivity index (χ1) is 12.8. The van der Waals surface area contributed by atoms with Gasteiger partial charge in [-0.3, -0.25) is 4.99 Å². The second-order valence-corrected chi connectivity index (χ2v) is 6.35. The molecule has 1 heterocycles. The summed E-state index contributed by atoms with van der Waals surface area (Å²) in [6.07, 6.45) is 4.31. The van der Waals surface area contributed by atoms with E-state index in [2.05, 4.69) is 26.7 Å². The third-order valence-corrected chi connectivity index (χ3v) is 4.28. The Morgan fingerprint density at radius 2 is 1.96 bits per heavy atom. The lowest BCUT2D eigenvalue weighted by Gasteiger charge is -2.15. The lowest BCUT2D eigenvalue weighted by molar-refractivity contribution is 0.296. The largest absolute Gasteiger partial charge is 0.493 e. The molecular weight excluding hydrogens is 455 g/mol. The van der Waals surface area contributed by atoms with E-state index in [-0.39, 0.29) is 24.0 Å². The summed E-state index contributed by atoms with van der Waals surface area (Å²) in [6.45, 7) is 2.10. The van der Waals surface area contributed by atoms with Crippen molar-refractivity contribution in [2.45, 2.75) is 25.9 Å². The van der Waals surface area contributed by atoms with Crippen LogP contribution in [-0.4, -0.2) is 31.7 Å². The standard InChI is InChI=1S/C20H26N4O2.HI/c1-21-20(23-12-16-9-10-22-19(11-16)25-2)24-13-17-5-3-4-6-18(17)26-14-15-7-8-15;/h3-6,9-11,15H,7-8,12-14H2,1-2H3,(H2,21,23,24);1H. The molecule has 0 amide bonds. The SMILES string of the molecule is CN=C(NCc1ccnc(OC)c1)NCc1ccccc1OCC1CC1.I. The van der Waals surface area contributed by atoms with Crippen molar-refractivity contribution in [2.75, 3.05) is 20.8 Å². The van der Waals surface area contributed by atoms with Crippen molar-refractivity contribution in [3.63, 3.8) is 0 Å². The summed E-state index contributed by atoms with van der Waals surface area (Å²) in [5.74, 6) is 3.02. The van der Waals surface area contributed by atoms with E-state index in [0.29, 0.717) is 19.0 Å². The fourth-order valence-electron chi connectivity index (χ4n) is 2.54. The summed E-state index contributed by atoms with van der Waals surface area (Å²) in [4.78, 5) is 8.40. The number of ether oxygens (including phenoxy) is 2. The molecular formula is C20H27IN4O2. The highest BCUT2D eigenvalue weighted by atomic mass is 127. The summed E-state index contributed by atoms with van der Waals surface area (Å²) in [5.41, 5.74) is 2.20. The van der Waals surface area contributed by atoms with Gasteiger partial charge >= 0.3 is 0 Å². The quantitative estimate of drug-likeness (QED) is 0.343. The van der Waals surface area contributed by atoms with E-state index in [9.17, 15) is 0 Å². The van der Waals surface area contributed by atoms with Crippen molar-refractivity contribution >= 4 is 29.9 Å². The minimum Gasteiger partial charge on any atom is -0.493 e. The van der Waals surface area contributed by atoms with Crippen molar-refractivity contribution in [1.29, 1.82) is 0 Å². The lowest BCUT2D eigenvalue weighted by atomic mass is 10.2. The van der Waals surface area contributed by atoms with Crippen LogP contribution in [0.15, 0.2) is 47.6 Å². The maximum absolute atomic E-state index is 5.96. The Balaban J connectivity index is 0.00000261. The number of nitrogens with zero attached hydrogens (tertiary/aromatic N) is 2. The molecule has 2 N–H and O–H groups in total. The molecule has 3 rings (SSSR count). The number of pyridine rings is 1. The van der Waals surface area contributed by atoms with Crippen LogP contribution in [0, 0.1) is 5.92 Å². The first-order valence-corrected chi connectivity index (χ1v) is 8.92. The number of benzene rings is 1. The van der Waals surface area contributed by atoms with E-state index in [4.69, 9.17) is 9.47 Å². The van der Waals surface area contributed by atoms with Crippen molar-refractivity contribution in [1.82, 2.24) is 15.6 Å². The van der Waals surface area contributed by atoms with Gasteiger partial charge in [0.15, 0.2) is 5.96 Å². The summed E-state index contributed by atoms with van der Waals surface area (Å²) in [6, 6.07) is 12.0. The number of para-hydroxylation sites is 1. The molecule has 1 saturated carbocycles. The van der Waals surface area contributed by atoms with Crippen molar-refractivity contribution in [3.05, 3.63) is 53.7 Å². The third-order valence-electron chi connectivity index (χ3n) is 4.28. The Hall–Kier alpha value is -2.03. The monoisotopic (exact) mass is 482 g/mol. The van der Waals surface area contributed by atoms with Gasteiger partial charge in [0, 0.05) is 38.0 Å². The first kappa shape index (κ1) is 21.3. The summed E-state index contributed by atoms with van der Waals surface area (Å²) in [7, 11) is 3.38. The molecule has 0 unspecified atom stereocenters. The van der Waals surface area contributed by atoms with Crippen LogP contribution in [0.25, 0.3) is 0 Å². The number of halogens is 1. The molecule has 1 aliphatic rings. The Morgan fingerprint density at radius 3 is 2.70 bits per heavy atom. The van der Waals surface area contributed by atoms with Crippen molar-refractivity contribution in [2.24, 2.45) is 10.9 Å². The van der Waals surface area contributed by atoms with Crippen LogP contribution < -0.4 is 20.1 Å². The molecule has 146 valence electrons. The van der Waals surface area contributed by atoms with Crippen molar-refractivity contribution < 1.29 is 9.47 Å². The number of hydrogen-bond donors (Lipinski definition) is 2. The van der Waals surface area contributed by atoms with Gasteiger partial charge < -0.3 is 20.1 Å². The molecule has 0 radical (unpaired) electrons. The number of methoxy groups -OCH3 is 1. The second-order valence-electron chi connectivity index (χ2n) is 6.35. The van der Waals surface area contributed by atoms with E-state index in [0.717, 1.165) is 35.4 Å². The van der Waals surface area contributed by atoms with Gasteiger partial charge in [-0.2, -0.15) is 0 Å². The Kier molecular flexibility index (Phi) is 8.63. The van der Waals surface area contributed by atoms with Gasteiger partial charge in [0.1, 0.15) is 5.75 Å². The summed E-state index contributed by atoms with van der Waals surface area (Å²) >= 11 is 0. The predicted octanol–water partition coefficient (Wildman–Crippen LogP) is 3.36. The Bertz CT molecular complexity index is 750. The average molecular weight is 482 g/mol. The molecule has 0 atom stereocenters. The van der Waals surface area contributed by atoms with Crippen LogP contribution in [0.4, 0.5) is 0 Å². The average Bonchev–Trinajstić information content (AvgIpc) is 3.52.